The first-order valence-electron chi connectivity index (χ1n) is 6.48. The van der Waals surface area contributed by atoms with Crippen molar-refractivity contribution in [3.05, 3.63) is 0 Å². The lowest BCUT2D eigenvalue weighted by atomic mass is 9.95. The molecule has 1 amide bonds. The molecule has 0 aromatic carbocycles. The minimum atomic E-state index is -0.982. The van der Waals surface area contributed by atoms with E-state index in [0.717, 1.165) is 0 Å². The number of aliphatic carboxylic acids is 1. The van der Waals surface area contributed by atoms with Gasteiger partial charge in [0, 0.05) is 13.1 Å². The highest BCUT2D eigenvalue weighted by Gasteiger charge is 2.25. The standard InChI is InChI=1S/C13H26N2O3/c1-9(2)5-11(6-14)13(18)15(7-10(3)4)8-12(16)17/h9-11H,5-8,14H2,1-4H3,(H,16,17). The fraction of sp³-hybridized carbons (Fsp3) is 0.846. The zero-order valence-corrected chi connectivity index (χ0v) is 11.8. The summed E-state index contributed by atoms with van der Waals surface area (Å²) in [4.78, 5) is 24.5. The van der Waals surface area contributed by atoms with Crippen molar-refractivity contribution >= 4 is 11.9 Å². The molecular formula is C13H26N2O3. The summed E-state index contributed by atoms with van der Waals surface area (Å²) in [5.74, 6) is -0.784. The highest BCUT2D eigenvalue weighted by molar-refractivity contribution is 5.83. The molecule has 0 aromatic rings. The van der Waals surface area contributed by atoms with Gasteiger partial charge in [-0.15, -0.1) is 0 Å². The molecule has 0 rings (SSSR count). The number of hydrogen-bond donors (Lipinski definition) is 2. The summed E-state index contributed by atoms with van der Waals surface area (Å²) >= 11 is 0. The largest absolute Gasteiger partial charge is 0.480 e. The van der Waals surface area contributed by atoms with E-state index in [4.69, 9.17) is 10.8 Å². The predicted octanol–water partition coefficient (Wildman–Crippen LogP) is 1.18. The first-order valence-corrected chi connectivity index (χ1v) is 6.48. The Kier molecular flexibility index (Phi) is 7.59. The topological polar surface area (TPSA) is 83.6 Å². The van der Waals surface area contributed by atoms with Crippen LogP contribution in [-0.4, -0.2) is 41.5 Å². The van der Waals surface area contributed by atoms with Gasteiger partial charge in [0.15, 0.2) is 0 Å². The van der Waals surface area contributed by atoms with Crippen LogP contribution in [0.4, 0.5) is 0 Å². The van der Waals surface area contributed by atoms with Crippen LogP contribution in [0.25, 0.3) is 0 Å². The Morgan fingerprint density at radius 2 is 1.72 bits per heavy atom. The summed E-state index contributed by atoms with van der Waals surface area (Å²) in [7, 11) is 0. The highest BCUT2D eigenvalue weighted by Crippen LogP contribution is 2.14. The number of carbonyl (C=O) groups is 2. The van der Waals surface area contributed by atoms with Gasteiger partial charge in [-0.1, -0.05) is 27.7 Å². The number of carboxylic acid groups (broad SMARTS) is 1. The SMILES string of the molecule is CC(C)CC(CN)C(=O)N(CC(=O)O)CC(C)C. The first-order chi connectivity index (χ1) is 8.27. The van der Waals surface area contributed by atoms with Gasteiger partial charge in [-0.25, -0.2) is 0 Å². The molecule has 0 aliphatic heterocycles. The minimum Gasteiger partial charge on any atom is -0.480 e. The molecule has 18 heavy (non-hydrogen) atoms. The van der Waals surface area contributed by atoms with E-state index in [0.29, 0.717) is 18.9 Å². The van der Waals surface area contributed by atoms with Crippen molar-refractivity contribution in [1.29, 1.82) is 0 Å². The average molecular weight is 258 g/mol. The lowest BCUT2D eigenvalue weighted by Gasteiger charge is -2.27. The minimum absolute atomic E-state index is 0.137. The van der Waals surface area contributed by atoms with Crippen molar-refractivity contribution in [3.63, 3.8) is 0 Å². The van der Waals surface area contributed by atoms with Crippen LogP contribution < -0.4 is 5.73 Å². The van der Waals surface area contributed by atoms with Crippen molar-refractivity contribution in [1.82, 2.24) is 4.90 Å². The molecule has 0 radical (unpaired) electrons. The number of nitrogens with zero attached hydrogens (tertiary/aromatic N) is 1. The van der Waals surface area contributed by atoms with Gasteiger partial charge in [0.1, 0.15) is 6.54 Å². The van der Waals surface area contributed by atoms with Crippen molar-refractivity contribution in [3.8, 4) is 0 Å². The number of carbonyl (C=O) groups excluding carboxylic acids is 1. The van der Waals surface area contributed by atoms with Crippen LogP contribution in [0.5, 0.6) is 0 Å². The molecule has 0 spiro atoms. The van der Waals surface area contributed by atoms with Gasteiger partial charge < -0.3 is 15.7 Å². The lowest BCUT2D eigenvalue weighted by Crippen LogP contribution is -2.44. The number of carboxylic acids is 1. The molecule has 0 aliphatic carbocycles. The molecule has 1 unspecified atom stereocenters. The van der Waals surface area contributed by atoms with Crippen molar-refractivity contribution in [2.75, 3.05) is 19.6 Å². The third kappa shape index (κ3) is 6.59. The third-order valence-corrected chi connectivity index (χ3v) is 2.61. The van der Waals surface area contributed by atoms with Gasteiger partial charge >= 0.3 is 5.97 Å². The predicted molar refractivity (Wildman–Crippen MR) is 71.1 cm³/mol. The van der Waals surface area contributed by atoms with Crippen LogP contribution in [0.2, 0.25) is 0 Å². The molecule has 0 heterocycles. The zero-order valence-electron chi connectivity index (χ0n) is 11.8. The van der Waals surface area contributed by atoms with Gasteiger partial charge in [-0.05, 0) is 18.3 Å². The van der Waals surface area contributed by atoms with Crippen LogP contribution in [0.15, 0.2) is 0 Å². The third-order valence-electron chi connectivity index (χ3n) is 2.61. The molecule has 0 aliphatic rings. The van der Waals surface area contributed by atoms with E-state index < -0.39 is 5.97 Å². The van der Waals surface area contributed by atoms with E-state index in [1.54, 1.807) is 0 Å². The van der Waals surface area contributed by atoms with Crippen LogP contribution in [0.3, 0.4) is 0 Å². The van der Waals surface area contributed by atoms with Crippen molar-refractivity contribution in [2.24, 2.45) is 23.5 Å². The maximum atomic E-state index is 12.3. The summed E-state index contributed by atoms with van der Waals surface area (Å²) in [6, 6.07) is 0. The first kappa shape index (κ1) is 16.9. The Balaban J connectivity index is 4.73. The lowest BCUT2D eigenvalue weighted by molar-refractivity contribution is -0.146. The number of nitrogens with two attached hydrogens (primary N) is 1. The van der Waals surface area contributed by atoms with Gasteiger partial charge in [-0.2, -0.15) is 0 Å². The molecule has 106 valence electrons. The van der Waals surface area contributed by atoms with Crippen LogP contribution in [0.1, 0.15) is 34.1 Å². The van der Waals surface area contributed by atoms with Gasteiger partial charge in [-0.3, -0.25) is 9.59 Å². The summed E-state index contributed by atoms with van der Waals surface area (Å²) in [5, 5.41) is 8.86. The molecule has 5 nitrogen and oxygen atoms in total. The summed E-state index contributed by atoms with van der Waals surface area (Å²) in [6.45, 7) is 8.46. The molecule has 1 atom stereocenters. The van der Waals surface area contributed by atoms with Gasteiger partial charge in [0.25, 0.3) is 0 Å². The Bertz CT molecular complexity index is 277. The van der Waals surface area contributed by atoms with Gasteiger partial charge in [0.05, 0.1) is 5.92 Å². The molecular weight excluding hydrogens is 232 g/mol. The molecule has 0 saturated heterocycles. The fourth-order valence-corrected chi connectivity index (χ4v) is 1.96. The Morgan fingerprint density at radius 3 is 2.06 bits per heavy atom. The molecule has 0 bridgehead atoms. The summed E-state index contributed by atoms with van der Waals surface area (Å²) in [6.07, 6.45) is 0.698. The molecule has 3 N–H and O–H groups in total. The van der Waals surface area contributed by atoms with Crippen LogP contribution in [0, 0.1) is 17.8 Å². The molecule has 5 heteroatoms. The summed E-state index contributed by atoms with van der Waals surface area (Å²) in [5.41, 5.74) is 5.63. The normalized spacial score (nSPS) is 12.8. The Morgan fingerprint density at radius 1 is 1.17 bits per heavy atom. The smallest absolute Gasteiger partial charge is 0.323 e. The molecule has 0 aromatic heterocycles. The van der Waals surface area contributed by atoms with E-state index >= 15 is 0 Å². The monoisotopic (exact) mass is 258 g/mol. The Labute approximate surface area is 109 Å². The van der Waals surface area contributed by atoms with Gasteiger partial charge in [0.2, 0.25) is 5.91 Å². The number of rotatable bonds is 8. The average Bonchev–Trinajstić information content (AvgIpc) is 2.22. The fourth-order valence-electron chi connectivity index (χ4n) is 1.96. The maximum absolute atomic E-state index is 12.3. The van der Waals surface area contributed by atoms with E-state index in [1.807, 2.05) is 27.7 Å². The van der Waals surface area contributed by atoms with E-state index in [1.165, 1.54) is 4.90 Å². The number of hydrogen-bond acceptors (Lipinski definition) is 3. The van der Waals surface area contributed by atoms with E-state index in [9.17, 15) is 9.59 Å². The van der Waals surface area contributed by atoms with E-state index in [2.05, 4.69) is 0 Å². The van der Waals surface area contributed by atoms with E-state index in [-0.39, 0.29) is 30.8 Å². The van der Waals surface area contributed by atoms with Crippen LogP contribution >= 0.6 is 0 Å². The molecule has 0 fully saturated rings. The second kappa shape index (κ2) is 8.08. The molecule has 0 saturated carbocycles. The quantitative estimate of drug-likeness (QED) is 0.684. The highest BCUT2D eigenvalue weighted by atomic mass is 16.4. The Hall–Kier alpha value is -1.10. The van der Waals surface area contributed by atoms with Crippen molar-refractivity contribution < 1.29 is 14.7 Å². The zero-order chi connectivity index (χ0) is 14.3. The number of amides is 1. The maximum Gasteiger partial charge on any atom is 0.323 e. The van der Waals surface area contributed by atoms with Crippen molar-refractivity contribution in [2.45, 2.75) is 34.1 Å². The van der Waals surface area contributed by atoms with Crippen LogP contribution in [-0.2, 0) is 9.59 Å². The second-order valence-corrected chi connectivity index (χ2v) is 5.57. The second-order valence-electron chi connectivity index (χ2n) is 5.57. The summed E-state index contributed by atoms with van der Waals surface area (Å²) < 4.78 is 0.